The van der Waals surface area contributed by atoms with Gasteiger partial charge in [-0.25, -0.2) is 0 Å². The number of Topliss-reactive ketones (excluding diaryl/α,β-unsaturated/α-hetero) is 2. The molecule has 0 bridgehead atoms. The van der Waals surface area contributed by atoms with Gasteiger partial charge in [0.2, 0.25) is 0 Å². The molecule has 4 aromatic rings. The van der Waals surface area contributed by atoms with Crippen LogP contribution in [0.25, 0.3) is 20.8 Å². The molecule has 0 spiro atoms. The van der Waals surface area contributed by atoms with Crippen LogP contribution in [-0.2, 0) is 0 Å². The monoisotopic (exact) mass is 461 g/mol. The zero-order valence-electron chi connectivity index (χ0n) is 12.7. The summed E-state index contributed by atoms with van der Waals surface area (Å²) in [4.78, 5) is 33.8. The van der Waals surface area contributed by atoms with E-state index in [1.165, 1.54) is 15.0 Å². The van der Waals surface area contributed by atoms with Crippen molar-refractivity contribution < 1.29 is 9.59 Å². The average Bonchev–Trinajstić information content (AvgIpc) is 3.38. The number of allylic oxidation sites excluding steroid dienone is 1. The van der Waals surface area contributed by atoms with Gasteiger partial charge in [-0.05, 0) is 0 Å². The molecule has 0 unspecified atom stereocenters. The Kier molecular flexibility index (Phi) is 3.35. The van der Waals surface area contributed by atoms with Gasteiger partial charge in [-0.1, -0.05) is 0 Å². The molecule has 4 heterocycles. The molecule has 0 N–H and O–H groups in total. The van der Waals surface area contributed by atoms with E-state index in [9.17, 15) is 9.59 Å². The van der Waals surface area contributed by atoms with Crippen LogP contribution in [0.1, 0.15) is 23.6 Å². The van der Waals surface area contributed by atoms with Gasteiger partial charge in [-0.15, -0.1) is 0 Å². The van der Waals surface area contributed by atoms with Crippen LogP contribution in [0.2, 0.25) is 0 Å². The molecular formula is C18H9N3O2STe. The van der Waals surface area contributed by atoms with Gasteiger partial charge in [-0.3, -0.25) is 0 Å². The summed E-state index contributed by atoms with van der Waals surface area (Å²) in [5.41, 5.74) is 1.72. The van der Waals surface area contributed by atoms with Crippen LogP contribution >= 0.6 is 11.3 Å². The topological polar surface area (TPSA) is 64.8 Å². The summed E-state index contributed by atoms with van der Waals surface area (Å²) in [5.74, 6) is -0.293. The zero-order valence-corrected chi connectivity index (χ0v) is 15.8. The van der Waals surface area contributed by atoms with Gasteiger partial charge < -0.3 is 0 Å². The predicted octanol–water partition coefficient (Wildman–Crippen LogP) is 3.00. The van der Waals surface area contributed by atoms with E-state index in [2.05, 4.69) is 20.6 Å². The summed E-state index contributed by atoms with van der Waals surface area (Å²) in [6, 6.07) is 7.78. The molecule has 0 amide bonds. The molecule has 0 fully saturated rings. The summed E-state index contributed by atoms with van der Waals surface area (Å²) in [6.07, 6.45) is 7.10. The first-order valence-electron chi connectivity index (χ1n) is 7.48. The van der Waals surface area contributed by atoms with E-state index in [1.807, 2.05) is 18.3 Å². The van der Waals surface area contributed by atoms with Crippen molar-refractivity contribution in [1.29, 1.82) is 0 Å². The van der Waals surface area contributed by atoms with Crippen LogP contribution in [0.5, 0.6) is 0 Å². The van der Waals surface area contributed by atoms with Gasteiger partial charge in [0.15, 0.2) is 0 Å². The number of hydrogen-bond donors (Lipinski definition) is 0. The third-order valence-electron chi connectivity index (χ3n) is 4.09. The Labute approximate surface area is 155 Å². The molecule has 0 saturated heterocycles. The Morgan fingerprint density at radius 1 is 1.12 bits per heavy atom. The second kappa shape index (κ2) is 5.60. The van der Waals surface area contributed by atoms with Crippen molar-refractivity contribution in [2.75, 3.05) is 0 Å². The molecule has 120 valence electrons. The van der Waals surface area contributed by atoms with Crippen molar-refractivity contribution in [2.45, 2.75) is 0 Å². The van der Waals surface area contributed by atoms with Crippen LogP contribution in [0.3, 0.4) is 0 Å². The fourth-order valence-electron chi connectivity index (χ4n) is 2.91. The van der Waals surface area contributed by atoms with Gasteiger partial charge >= 0.3 is 156 Å². The van der Waals surface area contributed by atoms with E-state index in [-0.39, 0.29) is 11.6 Å². The van der Waals surface area contributed by atoms with E-state index in [0.29, 0.717) is 16.0 Å². The number of hydrogen-bond acceptors (Lipinski definition) is 5. The molecule has 1 aliphatic carbocycles. The van der Waals surface area contributed by atoms with E-state index in [4.69, 9.17) is 0 Å². The molecule has 0 aliphatic heterocycles. The van der Waals surface area contributed by atoms with Crippen LogP contribution < -0.4 is 0 Å². The summed E-state index contributed by atoms with van der Waals surface area (Å²) in [6.45, 7) is 0. The maximum atomic E-state index is 12.4. The summed E-state index contributed by atoms with van der Waals surface area (Å²) >= 11 is 0.639. The Morgan fingerprint density at radius 3 is 2.92 bits per heavy atom. The molecule has 5 nitrogen and oxygen atoms in total. The third-order valence-corrected chi connectivity index (χ3v) is 7.95. The van der Waals surface area contributed by atoms with Crippen LogP contribution in [0.4, 0.5) is 0 Å². The minimum absolute atomic E-state index is 0.143. The molecule has 5 rings (SSSR count). The van der Waals surface area contributed by atoms with E-state index in [0.717, 1.165) is 14.6 Å². The number of nitrogens with zero attached hydrogens (tertiary/aromatic N) is 3. The van der Waals surface area contributed by atoms with Gasteiger partial charge in [0.1, 0.15) is 0 Å². The van der Waals surface area contributed by atoms with Gasteiger partial charge in [-0.2, -0.15) is 0 Å². The Bertz CT molecular complexity index is 1170. The van der Waals surface area contributed by atoms with E-state index >= 15 is 0 Å². The standard InChI is InChI=1S/C18H9N3O2STe/c22-15-12-4-6-24-17(12)16(23)13(15)7-11-1-2-14(25-11)21-5-3-10-8-19-9-20-18(10)21/h1-9H/b13-7+. The van der Waals surface area contributed by atoms with Crippen LogP contribution in [-0.4, -0.2) is 46.5 Å². The van der Waals surface area contributed by atoms with E-state index < -0.39 is 20.4 Å². The molecule has 0 saturated carbocycles. The van der Waals surface area contributed by atoms with Crippen LogP contribution in [0, 0.1) is 0 Å². The fraction of sp³-hybridized carbons (Fsp3) is 0. The summed E-state index contributed by atoms with van der Waals surface area (Å²) < 4.78 is 4.32. The molecule has 7 heteroatoms. The molecule has 1 aliphatic rings. The Hall–Kier alpha value is -2.33. The van der Waals surface area contributed by atoms with Crippen molar-refractivity contribution in [3.8, 4) is 3.70 Å². The Morgan fingerprint density at radius 2 is 2.04 bits per heavy atom. The van der Waals surface area contributed by atoms with Crippen molar-refractivity contribution in [1.82, 2.24) is 14.5 Å². The number of aromatic nitrogens is 3. The number of ketones is 2. The van der Waals surface area contributed by atoms with Gasteiger partial charge in [0.25, 0.3) is 0 Å². The number of carbonyl (C=O) groups is 2. The normalized spacial score (nSPS) is 15.4. The van der Waals surface area contributed by atoms with Crippen molar-refractivity contribution >= 4 is 60.4 Å². The molecule has 25 heavy (non-hydrogen) atoms. The van der Waals surface area contributed by atoms with Gasteiger partial charge in [0, 0.05) is 0 Å². The molecule has 0 atom stereocenters. The quantitative estimate of drug-likeness (QED) is 0.263. The molecule has 4 aromatic heterocycles. The maximum absolute atomic E-state index is 12.4. The first kappa shape index (κ1) is 15.0. The third kappa shape index (κ3) is 2.28. The molecular weight excluding hydrogens is 450 g/mol. The van der Waals surface area contributed by atoms with Crippen molar-refractivity contribution in [2.24, 2.45) is 0 Å². The van der Waals surface area contributed by atoms with Gasteiger partial charge in [0.05, 0.1) is 0 Å². The molecule has 0 aromatic carbocycles. The number of rotatable bonds is 2. The molecule has 0 radical (unpaired) electrons. The summed E-state index contributed by atoms with van der Waals surface area (Å²) in [5, 5.41) is 2.78. The summed E-state index contributed by atoms with van der Waals surface area (Å²) in [7, 11) is 0. The number of thiophene rings is 1. The van der Waals surface area contributed by atoms with Crippen molar-refractivity contribution in [3.63, 3.8) is 0 Å². The van der Waals surface area contributed by atoms with Crippen LogP contribution in [0.15, 0.2) is 53.9 Å². The second-order valence-corrected chi connectivity index (χ2v) is 9.58. The predicted molar refractivity (Wildman–Crippen MR) is 96.8 cm³/mol. The fourth-order valence-corrected chi connectivity index (χ4v) is 6.43. The minimum atomic E-state index is -0.695. The average molecular weight is 459 g/mol. The van der Waals surface area contributed by atoms with Crippen molar-refractivity contribution in [3.05, 3.63) is 68.0 Å². The number of fused-ring (bicyclic) bond motifs is 2. The Balaban J connectivity index is 1.55. The SMILES string of the molecule is O=C1/C(=C\c2ccc(-n3ccc4cncnc43)[te]2)C(=O)c2sccc21. The first-order chi connectivity index (χ1) is 12.2. The zero-order chi connectivity index (χ0) is 17.0. The number of carbonyl (C=O) groups excluding carboxylic acids is 2. The first-order valence-corrected chi connectivity index (χ1v) is 10.7. The second-order valence-electron chi connectivity index (χ2n) is 5.54. The van der Waals surface area contributed by atoms with E-state index in [1.54, 1.807) is 30.0 Å².